The number of carbonyl (C=O) groups excluding carboxylic acids is 2. The van der Waals surface area contributed by atoms with Crippen molar-refractivity contribution in [2.75, 3.05) is 10.6 Å². The fourth-order valence-electron chi connectivity index (χ4n) is 1.01. The maximum Gasteiger partial charge on any atom is 0.333 e. The van der Waals surface area contributed by atoms with E-state index in [0.717, 1.165) is 0 Å². The van der Waals surface area contributed by atoms with Gasteiger partial charge < -0.3 is 10.6 Å². The molecule has 0 aliphatic heterocycles. The molecule has 0 saturated carbocycles. The summed E-state index contributed by atoms with van der Waals surface area (Å²) in [4.78, 5) is 21.5. The zero-order valence-corrected chi connectivity index (χ0v) is 8.20. The fraction of sp³-hybridized carbons (Fsp3) is 0.111. The van der Waals surface area contributed by atoms with Crippen LogP contribution in [0.5, 0.6) is 0 Å². The molecular formula is C9H12N4O2. The molecule has 6 heteroatoms. The van der Waals surface area contributed by atoms with Crippen LogP contribution in [-0.2, 0) is 4.79 Å². The molecule has 0 bridgehead atoms. The first-order valence-electron chi connectivity index (χ1n) is 4.27. The second-order valence-corrected chi connectivity index (χ2v) is 2.86. The van der Waals surface area contributed by atoms with E-state index in [-0.39, 0.29) is 5.91 Å². The third-order valence-electron chi connectivity index (χ3n) is 1.59. The summed E-state index contributed by atoms with van der Waals surface area (Å²) < 4.78 is 0. The van der Waals surface area contributed by atoms with E-state index in [1.54, 1.807) is 24.3 Å². The van der Waals surface area contributed by atoms with Crippen LogP contribution >= 0.6 is 0 Å². The molecule has 0 aromatic heterocycles. The Hall–Kier alpha value is -2.08. The molecule has 0 radical (unpaired) electrons. The number of benzene rings is 1. The highest BCUT2D eigenvalue weighted by Crippen LogP contribution is 2.12. The number of hydrogen-bond acceptors (Lipinski definition) is 3. The van der Waals surface area contributed by atoms with Crippen molar-refractivity contribution in [3.05, 3.63) is 24.3 Å². The number of hydrazine groups is 1. The van der Waals surface area contributed by atoms with Crippen molar-refractivity contribution < 1.29 is 9.59 Å². The molecule has 0 saturated heterocycles. The quantitative estimate of drug-likeness (QED) is 0.326. The van der Waals surface area contributed by atoms with Gasteiger partial charge in [0.05, 0.1) is 0 Å². The van der Waals surface area contributed by atoms with Crippen LogP contribution in [0, 0.1) is 0 Å². The number of hydrogen-bond donors (Lipinski definition) is 4. The highest BCUT2D eigenvalue weighted by atomic mass is 16.2. The van der Waals surface area contributed by atoms with Crippen LogP contribution in [0.4, 0.5) is 16.2 Å². The first kappa shape index (κ1) is 11.0. The summed E-state index contributed by atoms with van der Waals surface area (Å²) in [6.45, 7) is 1.42. The van der Waals surface area contributed by atoms with Crippen LogP contribution in [0.25, 0.3) is 0 Å². The minimum atomic E-state index is -0.498. The Labute approximate surface area is 86.8 Å². The predicted octanol–water partition coefficient (Wildman–Crippen LogP) is 0.640. The molecule has 0 aliphatic carbocycles. The Morgan fingerprint density at radius 3 is 1.93 bits per heavy atom. The number of amides is 3. The highest BCUT2D eigenvalue weighted by molar-refractivity contribution is 5.91. The van der Waals surface area contributed by atoms with E-state index >= 15 is 0 Å². The number of nitrogens with two attached hydrogens (primary N) is 1. The van der Waals surface area contributed by atoms with Crippen LogP contribution in [-0.4, -0.2) is 11.9 Å². The number of urea groups is 1. The first-order valence-corrected chi connectivity index (χ1v) is 4.27. The summed E-state index contributed by atoms with van der Waals surface area (Å²) in [5, 5.41) is 5.09. The number of rotatable bonds is 2. The van der Waals surface area contributed by atoms with E-state index in [9.17, 15) is 9.59 Å². The summed E-state index contributed by atoms with van der Waals surface area (Å²) in [6.07, 6.45) is 0. The second-order valence-electron chi connectivity index (χ2n) is 2.86. The summed E-state index contributed by atoms with van der Waals surface area (Å²) in [6, 6.07) is 6.16. The molecule has 1 aromatic carbocycles. The van der Waals surface area contributed by atoms with Crippen molar-refractivity contribution in [3.8, 4) is 0 Å². The van der Waals surface area contributed by atoms with E-state index in [0.29, 0.717) is 11.4 Å². The van der Waals surface area contributed by atoms with Gasteiger partial charge in [0.25, 0.3) is 0 Å². The average Bonchev–Trinajstić information content (AvgIpc) is 2.20. The van der Waals surface area contributed by atoms with Gasteiger partial charge in [0.2, 0.25) is 5.91 Å². The topological polar surface area (TPSA) is 96.2 Å². The van der Waals surface area contributed by atoms with E-state index in [1.807, 2.05) is 5.43 Å². The van der Waals surface area contributed by atoms with Gasteiger partial charge in [-0.2, -0.15) is 0 Å². The van der Waals surface area contributed by atoms with Gasteiger partial charge in [0, 0.05) is 18.3 Å². The van der Waals surface area contributed by atoms with Crippen molar-refractivity contribution in [2.45, 2.75) is 6.92 Å². The fourth-order valence-corrected chi connectivity index (χ4v) is 1.01. The predicted molar refractivity (Wildman–Crippen MR) is 57.1 cm³/mol. The van der Waals surface area contributed by atoms with E-state index < -0.39 is 6.03 Å². The molecule has 0 unspecified atom stereocenters. The second kappa shape index (κ2) is 4.97. The van der Waals surface area contributed by atoms with Crippen molar-refractivity contribution in [2.24, 2.45) is 5.84 Å². The standard InChI is InChI=1S/C9H12N4O2/c1-6(14)11-7-2-4-8(5-3-7)12-9(15)13-10/h2-5H,10H2,1H3,(H,11,14)(H2,12,13,15). The molecule has 15 heavy (non-hydrogen) atoms. The van der Waals surface area contributed by atoms with E-state index in [1.165, 1.54) is 6.92 Å². The summed E-state index contributed by atoms with van der Waals surface area (Å²) in [5.41, 5.74) is 3.20. The van der Waals surface area contributed by atoms with Gasteiger partial charge >= 0.3 is 6.03 Å². The largest absolute Gasteiger partial charge is 0.333 e. The monoisotopic (exact) mass is 208 g/mol. The highest BCUT2D eigenvalue weighted by Gasteiger charge is 1.99. The van der Waals surface area contributed by atoms with Crippen LogP contribution < -0.4 is 21.9 Å². The van der Waals surface area contributed by atoms with Crippen LogP contribution in [0.1, 0.15) is 6.92 Å². The molecule has 0 heterocycles. The van der Waals surface area contributed by atoms with E-state index in [4.69, 9.17) is 5.84 Å². The molecule has 5 N–H and O–H groups in total. The molecule has 0 fully saturated rings. The average molecular weight is 208 g/mol. The van der Waals surface area contributed by atoms with E-state index in [2.05, 4.69) is 10.6 Å². The van der Waals surface area contributed by atoms with Gasteiger partial charge in [-0.05, 0) is 24.3 Å². The maximum atomic E-state index is 10.8. The SMILES string of the molecule is CC(=O)Nc1ccc(NC(=O)NN)cc1. The van der Waals surface area contributed by atoms with Crippen LogP contribution in [0.3, 0.4) is 0 Å². The van der Waals surface area contributed by atoms with Crippen molar-refractivity contribution >= 4 is 23.3 Å². The molecule has 3 amide bonds. The Morgan fingerprint density at radius 1 is 1.07 bits per heavy atom. The smallest absolute Gasteiger partial charge is 0.326 e. The van der Waals surface area contributed by atoms with Crippen molar-refractivity contribution in [3.63, 3.8) is 0 Å². The minimum absolute atomic E-state index is 0.143. The Kier molecular flexibility index (Phi) is 3.64. The first-order chi connectivity index (χ1) is 7.11. The third kappa shape index (κ3) is 3.65. The summed E-state index contributed by atoms with van der Waals surface area (Å²) in [7, 11) is 0. The van der Waals surface area contributed by atoms with Gasteiger partial charge in [-0.1, -0.05) is 0 Å². The normalized spacial score (nSPS) is 9.20. The van der Waals surface area contributed by atoms with Crippen molar-refractivity contribution in [1.29, 1.82) is 0 Å². The molecule has 0 aliphatic rings. The number of carbonyl (C=O) groups is 2. The van der Waals surface area contributed by atoms with Gasteiger partial charge in [0.1, 0.15) is 0 Å². The van der Waals surface area contributed by atoms with Gasteiger partial charge in [-0.3, -0.25) is 10.2 Å². The number of anilines is 2. The lowest BCUT2D eigenvalue weighted by Crippen LogP contribution is -2.34. The maximum absolute atomic E-state index is 10.8. The Morgan fingerprint density at radius 2 is 1.53 bits per heavy atom. The Bertz CT molecular complexity index is 361. The lowest BCUT2D eigenvalue weighted by molar-refractivity contribution is -0.114. The zero-order chi connectivity index (χ0) is 11.3. The third-order valence-corrected chi connectivity index (χ3v) is 1.59. The molecule has 1 aromatic rings. The van der Waals surface area contributed by atoms with Crippen molar-refractivity contribution in [1.82, 2.24) is 5.43 Å². The lowest BCUT2D eigenvalue weighted by atomic mass is 10.3. The van der Waals surface area contributed by atoms with Gasteiger partial charge in [-0.15, -0.1) is 0 Å². The van der Waals surface area contributed by atoms with Crippen LogP contribution in [0.2, 0.25) is 0 Å². The van der Waals surface area contributed by atoms with Crippen LogP contribution in [0.15, 0.2) is 24.3 Å². The molecular weight excluding hydrogens is 196 g/mol. The molecule has 6 nitrogen and oxygen atoms in total. The summed E-state index contributed by atoms with van der Waals surface area (Å²) in [5.74, 6) is 4.75. The number of nitrogens with one attached hydrogen (secondary N) is 3. The molecule has 0 spiro atoms. The molecule has 1 rings (SSSR count). The van der Waals surface area contributed by atoms with Gasteiger partial charge in [-0.25, -0.2) is 10.6 Å². The minimum Gasteiger partial charge on any atom is -0.326 e. The van der Waals surface area contributed by atoms with Gasteiger partial charge in [0.15, 0.2) is 0 Å². The molecule has 80 valence electrons. The summed E-state index contributed by atoms with van der Waals surface area (Å²) >= 11 is 0. The molecule has 0 atom stereocenters. The lowest BCUT2D eigenvalue weighted by Gasteiger charge is -2.05. The Balaban J connectivity index is 2.64. The zero-order valence-electron chi connectivity index (χ0n) is 8.20.